The first kappa shape index (κ1) is 30.9. The molecule has 12 aromatic rings. The Bertz CT molecular complexity index is 3490. The number of nitrogens with zero attached hydrogens (tertiary/aromatic N) is 1. The molecule has 0 fully saturated rings. The standard InChI is InChI=1S/C52H31NO3/c1-2-12-34-31-50-43(30-33(34)11-1)51-40(16-10-22-49(51)55-50)37-13-3-6-18-44(37)53(45-19-9-17-41-38-14-4-8-21-47(38)56-52(41)45)36-26-23-32(24-27-36)35-25-28-48-42(29-35)39-15-5-7-20-46(39)54-48/h1-31H. The number of furan rings is 3. The van der Waals surface area contributed by atoms with Crippen LogP contribution in [0.4, 0.5) is 17.1 Å². The summed E-state index contributed by atoms with van der Waals surface area (Å²) in [7, 11) is 0. The fraction of sp³-hybridized carbons (Fsp3) is 0. The van der Waals surface area contributed by atoms with E-state index < -0.39 is 0 Å². The Kier molecular flexibility index (Phi) is 6.60. The fourth-order valence-corrected chi connectivity index (χ4v) is 8.66. The van der Waals surface area contributed by atoms with Gasteiger partial charge in [0.15, 0.2) is 5.58 Å². The molecule has 0 saturated carbocycles. The predicted molar refractivity (Wildman–Crippen MR) is 231 cm³/mol. The first-order valence-electron chi connectivity index (χ1n) is 18.9. The molecule has 0 amide bonds. The zero-order valence-electron chi connectivity index (χ0n) is 30.1. The lowest BCUT2D eigenvalue weighted by Crippen LogP contribution is -2.11. The van der Waals surface area contributed by atoms with Gasteiger partial charge in [-0.2, -0.15) is 0 Å². The van der Waals surface area contributed by atoms with Gasteiger partial charge in [0.05, 0.1) is 11.4 Å². The van der Waals surface area contributed by atoms with Gasteiger partial charge in [0.1, 0.15) is 27.9 Å². The van der Waals surface area contributed by atoms with Crippen molar-refractivity contribution in [1.82, 2.24) is 0 Å². The van der Waals surface area contributed by atoms with E-state index in [0.717, 1.165) is 111 Å². The molecule has 4 heteroatoms. The first-order valence-corrected chi connectivity index (χ1v) is 18.9. The van der Waals surface area contributed by atoms with Gasteiger partial charge in [0.25, 0.3) is 0 Å². The SMILES string of the molecule is c1ccc(N(c2ccc(-c3ccc4oc5ccccc5c4c3)cc2)c2cccc3c2oc2ccccc23)c(-c2cccc3oc4cc5ccccc5cc4c23)c1. The molecule has 0 aliphatic rings. The van der Waals surface area contributed by atoms with E-state index in [0.29, 0.717) is 0 Å². The average Bonchev–Trinajstić information content (AvgIpc) is 3.94. The van der Waals surface area contributed by atoms with E-state index in [4.69, 9.17) is 13.3 Å². The van der Waals surface area contributed by atoms with Crippen molar-refractivity contribution < 1.29 is 13.3 Å². The summed E-state index contributed by atoms with van der Waals surface area (Å²) in [5.41, 5.74) is 12.7. The molecule has 3 heterocycles. The molecule has 0 saturated heterocycles. The van der Waals surface area contributed by atoms with Crippen LogP contribution in [0.15, 0.2) is 201 Å². The summed E-state index contributed by atoms with van der Waals surface area (Å²) in [5, 5.41) is 8.95. The quantitative estimate of drug-likeness (QED) is 0.178. The second-order valence-corrected chi connectivity index (χ2v) is 14.4. The highest BCUT2D eigenvalue weighted by Crippen LogP contribution is 2.48. The van der Waals surface area contributed by atoms with Crippen LogP contribution in [-0.4, -0.2) is 0 Å². The van der Waals surface area contributed by atoms with Crippen molar-refractivity contribution in [3.8, 4) is 22.3 Å². The molecule has 0 bridgehead atoms. The number of benzene rings is 9. The van der Waals surface area contributed by atoms with Crippen molar-refractivity contribution in [1.29, 1.82) is 0 Å². The number of anilines is 3. The van der Waals surface area contributed by atoms with Crippen molar-refractivity contribution in [3.05, 3.63) is 188 Å². The maximum Gasteiger partial charge on any atom is 0.159 e. The minimum absolute atomic E-state index is 0.836. The van der Waals surface area contributed by atoms with Gasteiger partial charge in [-0.15, -0.1) is 0 Å². The molecular weight excluding hydrogens is 687 g/mol. The molecule has 0 atom stereocenters. The Balaban J connectivity index is 1.07. The third-order valence-corrected chi connectivity index (χ3v) is 11.3. The zero-order chi connectivity index (χ0) is 36.7. The van der Waals surface area contributed by atoms with Gasteiger partial charge < -0.3 is 18.2 Å². The first-order chi connectivity index (χ1) is 27.7. The molecule has 0 aliphatic carbocycles. The van der Waals surface area contributed by atoms with Crippen molar-refractivity contribution in [3.63, 3.8) is 0 Å². The molecule has 0 radical (unpaired) electrons. The van der Waals surface area contributed by atoms with Crippen LogP contribution >= 0.6 is 0 Å². The smallest absolute Gasteiger partial charge is 0.159 e. The Morgan fingerprint density at radius 1 is 0.321 bits per heavy atom. The largest absolute Gasteiger partial charge is 0.456 e. The number of para-hydroxylation sites is 4. The minimum Gasteiger partial charge on any atom is -0.456 e. The van der Waals surface area contributed by atoms with Crippen molar-refractivity contribution >= 4 is 93.7 Å². The van der Waals surface area contributed by atoms with Gasteiger partial charge in [0.2, 0.25) is 0 Å². The maximum absolute atomic E-state index is 6.71. The van der Waals surface area contributed by atoms with Crippen LogP contribution in [0.3, 0.4) is 0 Å². The summed E-state index contributed by atoms with van der Waals surface area (Å²) in [6.07, 6.45) is 0. The van der Waals surface area contributed by atoms with E-state index in [-0.39, 0.29) is 0 Å². The number of fused-ring (bicyclic) bond motifs is 10. The van der Waals surface area contributed by atoms with E-state index in [1.165, 1.54) is 5.39 Å². The second kappa shape index (κ2) is 12.0. The summed E-state index contributed by atoms with van der Waals surface area (Å²) < 4.78 is 19.4. The zero-order valence-corrected chi connectivity index (χ0v) is 30.1. The number of rotatable bonds is 5. The molecule has 12 rings (SSSR count). The highest BCUT2D eigenvalue weighted by atomic mass is 16.3. The topological polar surface area (TPSA) is 42.7 Å². The molecule has 0 spiro atoms. The van der Waals surface area contributed by atoms with Crippen LogP contribution in [0.1, 0.15) is 0 Å². The van der Waals surface area contributed by atoms with E-state index in [1.807, 2.05) is 24.3 Å². The van der Waals surface area contributed by atoms with Gasteiger partial charge in [0, 0.05) is 43.6 Å². The normalized spacial score (nSPS) is 11.9. The molecule has 3 aromatic heterocycles. The molecular formula is C52H31NO3. The number of hydrogen-bond donors (Lipinski definition) is 0. The van der Waals surface area contributed by atoms with Crippen LogP contribution in [0.5, 0.6) is 0 Å². The van der Waals surface area contributed by atoms with Crippen LogP contribution in [-0.2, 0) is 0 Å². The van der Waals surface area contributed by atoms with Crippen LogP contribution in [0.2, 0.25) is 0 Å². The summed E-state index contributed by atoms with van der Waals surface area (Å²) >= 11 is 0. The Labute approximate surface area is 321 Å². The van der Waals surface area contributed by atoms with Crippen LogP contribution in [0, 0.1) is 0 Å². The van der Waals surface area contributed by atoms with Gasteiger partial charge in [-0.25, -0.2) is 0 Å². The minimum atomic E-state index is 0.836. The van der Waals surface area contributed by atoms with E-state index in [1.54, 1.807) is 0 Å². The van der Waals surface area contributed by atoms with Gasteiger partial charge >= 0.3 is 0 Å². The average molecular weight is 718 g/mol. The van der Waals surface area contributed by atoms with Crippen molar-refractivity contribution in [2.45, 2.75) is 0 Å². The second-order valence-electron chi connectivity index (χ2n) is 14.4. The maximum atomic E-state index is 6.71. The van der Waals surface area contributed by atoms with E-state index >= 15 is 0 Å². The molecule has 262 valence electrons. The monoisotopic (exact) mass is 717 g/mol. The van der Waals surface area contributed by atoms with Gasteiger partial charge in [-0.3, -0.25) is 0 Å². The lowest BCUT2D eigenvalue weighted by atomic mass is 9.96. The third-order valence-electron chi connectivity index (χ3n) is 11.3. The highest BCUT2D eigenvalue weighted by molar-refractivity contribution is 6.17. The molecule has 4 nitrogen and oxygen atoms in total. The van der Waals surface area contributed by atoms with Crippen LogP contribution in [0.25, 0.3) is 98.8 Å². The summed E-state index contributed by atoms with van der Waals surface area (Å²) in [5.74, 6) is 0. The van der Waals surface area contributed by atoms with Gasteiger partial charge in [-0.1, -0.05) is 121 Å². The lowest BCUT2D eigenvalue weighted by Gasteiger charge is -2.28. The Hall–Kier alpha value is -7.56. The van der Waals surface area contributed by atoms with Crippen LogP contribution < -0.4 is 4.90 Å². The van der Waals surface area contributed by atoms with Gasteiger partial charge in [-0.05, 0) is 94.2 Å². The summed E-state index contributed by atoms with van der Waals surface area (Å²) in [4.78, 5) is 2.34. The molecule has 56 heavy (non-hydrogen) atoms. The molecule has 0 aliphatic heterocycles. The number of hydrogen-bond acceptors (Lipinski definition) is 4. The fourth-order valence-electron chi connectivity index (χ4n) is 8.66. The summed E-state index contributed by atoms with van der Waals surface area (Å²) in [6.45, 7) is 0. The predicted octanol–water partition coefficient (Wildman–Crippen LogP) is 15.3. The summed E-state index contributed by atoms with van der Waals surface area (Å²) in [6, 6.07) is 66.1. The third kappa shape index (κ3) is 4.66. The Morgan fingerprint density at radius 3 is 1.77 bits per heavy atom. The van der Waals surface area contributed by atoms with Crippen molar-refractivity contribution in [2.75, 3.05) is 4.90 Å². The molecule has 0 unspecified atom stereocenters. The molecule has 0 N–H and O–H groups in total. The Morgan fingerprint density at radius 2 is 0.911 bits per heavy atom. The van der Waals surface area contributed by atoms with Crippen molar-refractivity contribution in [2.24, 2.45) is 0 Å². The molecule has 9 aromatic carbocycles. The van der Waals surface area contributed by atoms with E-state index in [2.05, 4.69) is 169 Å². The van der Waals surface area contributed by atoms with E-state index in [9.17, 15) is 0 Å². The lowest BCUT2D eigenvalue weighted by molar-refractivity contribution is 0.668. The highest BCUT2D eigenvalue weighted by Gasteiger charge is 2.24.